The van der Waals surface area contributed by atoms with Crippen LogP contribution in [0.2, 0.25) is 5.02 Å². The molecule has 1 amide bonds. The summed E-state index contributed by atoms with van der Waals surface area (Å²) >= 11 is 6.12. The number of aromatic nitrogens is 2. The number of halogens is 2. The second-order valence-electron chi connectivity index (χ2n) is 5.58. The summed E-state index contributed by atoms with van der Waals surface area (Å²) in [5.41, 5.74) is 1.40. The number of hydrogen-bond donors (Lipinski definition) is 2. The largest absolute Gasteiger partial charge is 0.382 e. The van der Waals surface area contributed by atoms with Gasteiger partial charge in [0.15, 0.2) is 0 Å². The Morgan fingerprint density at radius 2 is 2.04 bits per heavy atom. The molecule has 3 rings (SSSR count). The number of benzene rings is 2. The molecule has 2 aromatic carbocycles. The van der Waals surface area contributed by atoms with Crippen LogP contribution in [0.15, 0.2) is 54.9 Å². The van der Waals surface area contributed by atoms with E-state index in [9.17, 15) is 9.18 Å². The Bertz CT molecular complexity index is 1010. The zero-order chi connectivity index (χ0) is 19.2. The van der Waals surface area contributed by atoms with Crippen LogP contribution < -0.4 is 10.6 Å². The van der Waals surface area contributed by atoms with Crippen LogP contribution in [-0.4, -0.2) is 28.8 Å². The van der Waals surface area contributed by atoms with Crippen LogP contribution in [0.4, 0.5) is 10.1 Å². The number of hydrogen-bond acceptors (Lipinski definition) is 4. The molecule has 0 bridgehead atoms. The van der Waals surface area contributed by atoms with Crippen molar-refractivity contribution in [3.05, 3.63) is 76.8 Å². The van der Waals surface area contributed by atoms with Crippen molar-refractivity contribution in [2.24, 2.45) is 0 Å². The number of rotatable bonds is 6. The molecule has 0 spiro atoms. The van der Waals surface area contributed by atoms with Crippen LogP contribution in [0.1, 0.15) is 15.9 Å². The predicted octanol–water partition coefficient (Wildman–Crippen LogP) is 3.38. The van der Waals surface area contributed by atoms with E-state index < -0.39 is 5.82 Å². The molecule has 2 N–H and O–H groups in total. The summed E-state index contributed by atoms with van der Waals surface area (Å²) in [6.45, 7) is 0.625. The lowest BCUT2D eigenvalue weighted by molar-refractivity contribution is 0.0955. The monoisotopic (exact) mass is 383 g/mol. The second-order valence-corrected chi connectivity index (χ2v) is 5.99. The fourth-order valence-electron chi connectivity index (χ4n) is 2.47. The highest BCUT2D eigenvalue weighted by Crippen LogP contribution is 2.19. The van der Waals surface area contributed by atoms with E-state index in [0.29, 0.717) is 28.5 Å². The Hall–Kier alpha value is -3.37. The minimum absolute atomic E-state index is 0.0511. The summed E-state index contributed by atoms with van der Waals surface area (Å²) < 4.78 is 15.1. The topological polar surface area (TPSA) is 82.7 Å². The van der Waals surface area contributed by atoms with E-state index in [4.69, 9.17) is 16.9 Å². The smallest absolute Gasteiger partial charge is 0.254 e. The molecule has 0 aliphatic carbocycles. The van der Waals surface area contributed by atoms with Gasteiger partial charge in [0.25, 0.3) is 5.91 Å². The summed E-state index contributed by atoms with van der Waals surface area (Å²) in [7, 11) is 0. The third-order valence-corrected chi connectivity index (χ3v) is 4.12. The number of para-hydroxylation sites is 1. The molecule has 0 radical (unpaired) electrons. The molecule has 0 atom stereocenters. The minimum Gasteiger partial charge on any atom is -0.382 e. The number of nitriles is 1. The molecule has 1 heterocycles. The first-order chi connectivity index (χ1) is 13.1. The maximum absolute atomic E-state index is 13.5. The Kier molecular flexibility index (Phi) is 5.69. The van der Waals surface area contributed by atoms with Gasteiger partial charge in [0.1, 0.15) is 17.4 Å². The van der Waals surface area contributed by atoms with Gasteiger partial charge < -0.3 is 10.6 Å². The second kappa shape index (κ2) is 8.34. The Morgan fingerprint density at radius 1 is 1.22 bits per heavy atom. The van der Waals surface area contributed by atoms with Gasteiger partial charge in [-0.25, -0.2) is 9.07 Å². The van der Waals surface area contributed by atoms with Gasteiger partial charge >= 0.3 is 0 Å². The normalized spacial score (nSPS) is 10.3. The molecular formula is C19H15ClFN5O. The van der Waals surface area contributed by atoms with Crippen LogP contribution >= 0.6 is 11.6 Å². The van der Waals surface area contributed by atoms with Gasteiger partial charge in [-0.3, -0.25) is 4.79 Å². The number of nitrogens with zero attached hydrogens (tertiary/aromatic N) is 3. The van der Waals surface area contributed by atoms with Crippen molar-refractivity contribution < 1.29 is 9.18 Å². The highest BCUT2D eigenvalue weighted by Gasteiger charge is 2.11. The minimum atomic E-state index is -0.585. The number of anilines is 1. The molecule has 0 fully saturated rings. The quantitative estimate of drug-likeness (QED) is 0.639. The van der Waals surface area contributed by atoms with Gasteiger partial charge in [-0.2, -0.15) is 10.4 Å². The fourth-order valence-corrected chi connectivity index (χ4v) is 2.69. The van der Waals surface area contributed by atoms with E-state index in [1.165, 1.54) is 23.0 Å². The van der Waals surface area contributed by atoms with Gasteiger partial charge in [-0.1, -0.05) is 29.8 Å². The Labute approximate surface area is 160 Å². The van der Waals surface area contributed by atoms with Crippen LogP contribution in [0.25, 0.3) is 5.69 Å². The van der Waals surface area contributed by atoms with E-state index in [-0.39, 0.29) is 18.0 Å². The molecule has 0 aliphatic rings. The van der Waals surface area contributed by atoms with Crippen LogP contribution in [-0.2, 0) is 0 Å². The lowest BCUT2D eigenvalue weighted by Gasteiger charge is -2.09. The van der Waals surface area contributed by atoms with Crippen LogP contribution in [0.5, 0.6) is 0 Å². The van der Waals surface area contributed by atoms with Crippen LogP contribution in [0, 0.1) is 17.1 Å². The molecule has 3 aromatic rings. The van der Waals surface area contributed by atoms with Gasteiger partial charge in [0.2, 0.25) is 0 Å². The number of amides is 1. The Morgan fingerprint density at radius 3 is 2.81 bits per heavy atom. The van der Waals surface area contributed by atoms with Crippen molar-refractivity contribution in [1.82, 2.24) is 15.1 Å². The molecule has 27 heavy (non-hydrogen) atoms. The number of nitrogens with one attached hydrogen (secondary N) is 2. The summed E-state index contributed by atoms with van der Waals surface area (Å²) in [6.07, 6.45) is 3.04. The van der Waals surface area contributed by atoms with E-state index in [1.807, 2.05) is 18.2 Å². The van der Waals surface area contributed by atoms with E-state index in [1.54, 1.807) is 24.4 Å². The van der Waals surface area contributed by atoms with Gasteiger partial charge in [0.05, 0.1) is 28.2 Å². The van der Waals surface area contributed by atoms with E-state index in [2.05, 4.69) is 15.7 Å². The third-order valence-electron chi connectivity index (χ3n) is 3.80. The van der Waals surface area contributed by atoms with Crippen LogP contribution in [0.3, 0.4) is 0 Å². The molecule has 0 unspecified atom stereocenters. The van der Waals surface area contributed by atoms with Gasteiger partial charge in [-0.05, 0) is 24.3 Å². The highest BCUT2D eigenvalue weighted by molar-refractivity contribution is 6.32. The average molecular weight is 384 g/mol. The maximum Gasteiger partial charge on any atom is 0.254 e. The molecule has 0 aliphatic heterocycles. The SMILES string of the molecule is N#Cc1c(F)cccc1NCCNC(=O)c1cnn(-c2ccccc2Cl)c1. The first-order valence-corrected chi connectivity index (χ1v) is 8.48. The molecular weight excluding hydrogens is 369 g/mol. The third kappa shape index (κ3) is 4.25. The Balaban J connectivity index is 1.56. The molecule has 0 saturated carbocycles. The van der Waals surface area contributed by atoms with Crippen molar-refractivity contribution in [3.63, 3.8) is 0 Å². The molecule has 0 saturated heterocycles. The van der Waals surface area contributed by atoms with Crippen molar-refractivity contribution in [2.75, 3.05) is 18.4 Å². The van der Waals surface area contributed by atoms with E-state index in [0.717, 1.165) is 0 Å². The highest BCUT2D eigenvalue weighted by atomic mass is 35.5. The lowest BCUT2D eigenvalue weighted by Crippen LogP contribution is -2.28. The number of carbonyl (C=O) groups is 1. The first-order valence-electron chi connectivity index (χ1n) is 8.10. The molecule has 1 aromatic heterocycles. The zero-order valence-corrected chi connectivity index (χ0v) is 14.9. The van der Waals surface area contributed by atoms with Gasteiger partial charge in [-0.15, -0.1) is 0 Å². The summed E-state index contributed by atoms with van der Waals surface area (Å²) in [5.74, 6) is -0.881. The summed E-state index contributed by atoms with van der Waals surface area (Å²) in [5, 5.41) is 19.3. The van der Waals surface area contributed by atoms with Crippen molar-refractivity contribution in [3.8, 4) is 11.8 Å². The van der Waals surface area contributed by atoms with Crippen molar-refractivity contribution in [1.29, 1.82) is 5.26 Å². The molecule has 136 valence electrons. The van der Waals surface area contributed by atoms with Crippen molar-refractivity contribution >= 4 is 23.2 Å². The molecule has 8 heteroatoms. The average Bonchev–Trinajstić information content (AvgIpc) is 3.15. The summed E-state index contributed by atoms with van der Waals surface area (Å²) in [6, 6.07) is 13.3. The predicted molar refractivity (Wildman–Crippen MR) is 101 cm³/mol. The summed E-state index contributed by atoms with van der Waals surface area (Å²) in [4.78, 5) is 12.2. The standard InChI is InChI=1S/C19H15ClFN5O/c20-15-4-1-2-7-18(15)26-12-13(11-25-26)19(27)24-9-8-23-17-6-3-5-16(21)14(17)10-22/h1-7,11-12,23H,8-9H2,(H,24,27). The maximum atomic E-state index is 13.5. The van der Waals surface area contributed by atoms with Gasteiger partial charge in [0, 0.05) is 19.3 Å². The zero-order valence-electron chi connectivity index (χ0n) is 14.1. The fraction of sp³-hybridized carbons (Fsp3) is 0.105. The molecule has 6 nitrogen and oxygen atoms in total. The first kappa shape index (κ1) is 18.4. The lowest BCUT2D eigenvalue weighted by atomic mass is 10.2. The number of carbonyl (C=O) groups excluding carboxylic acids is 1. The van der Waals surface area contributed by atoms with E-state index >= 15 is 0 Å². The van der Waals surface area contributed by atoms with Crippen molar-refractivity contribution in [2.45, 2.75) is 0 Å².